The van der Waals surface area contributed by atoms with E-state index in [1.165, 1.54) is 0 Å². The zero-order valence-electron chi connectivity index (χ0n) is 16.3. The van der Waals surface area contributed by atoms with Gasteiger partial charge >= 0.3 is 0 Å². The van der Waals surface area contributed by atoms with Crippen molar-refractivity contribution in [3.05, 3.63) is 64.7 Å². The van der Waals surface area contributed by atoms with E-state index in [0.717, 1.165) is 23.4 Å². The Bertz CT molecular complexity index is 902. The average molecular weight is 414 g/mol. The van der Waals surface area contributed by atoms with Crippen LogP contribution < -0.4 is 10.1 Å². The van der Waals surface area contributed by atoms with E-state index in [4.69, 9.17) is 16.3 Å². The molecule has 0 aromatic heterocycles. The molecule has 2 fully saturated rings. The molecular weight excluding hydrogens is 390 g/mol. The van der Waals surface area contributed by atoms with Crippen molar-refractivity contribution in [1.82, 2.24) is 15.1 Å². The van der Waals surface area contributed by atoms with E-state index < -0.39 is 12.1 Å². The maximum Gasteiger partial charge on any atom is 0.246 e. The Morgan fingerprint density at radius 3 is 2.62 bits per heavy atom. The van der Waals surface area contributed by atoms with Gasteiger partial charge in [0, 0.05) is 43.2 Å². The Kier molecular flexibility index (Phi) is 5.74. The van der Waals surface area contributed by atoms with Crippen LogP contribution in [-0.2, 0) is 22.6 Å². The summed E-state index contributed by atoms with van der Waals surface area (Å²) in [5.41, 5.74) is 2.05. The number of nitrogens with one attached hydrogen (secondary N) is 1. The fourth-order valence-electron chi connectivity index (χ4n) is 4.07. The molecule has 6 nitrogen and oxygen atoms in total. The third-order valence-corrected chi connectivity index (χ3v) is 5.86. The summed E-state index contributed by atoms with van der Waals surface area (Å²) in [4.78, 5) is 29.7. The summed E-state index contributed by atoms with van der Waals surface area (Å²) in [6.45, 7) is 2.47. The topological polar surface area (TPSA) is 61.9 Å². The van der Waals surface area contributed by atoms with Crippen LogP contribution in [0.1, 0.15) is 11.1 Å². The number of hydrogen-bond acceptors (Lipinski definition) is 4. The number of amides is 2. The van der Waals surface area contributed by atoms with Gasteiger partial charge in [0.1, 0.15) is 17.8 Å². The first-order chi connectivity index (χ1) is 14.0. The predicted molar refractivity (Wildman–Crippen MR) is 111 cm³/mol. The van der Waals surface area contributed by atoms with Crippen molar-refractivity contribution in [3.63, 3.8) is 0 Å². The Balaban J connectivity index is 1.42. The second-order valence-corrected chi connectivity index (χ2v) is 7.92. The summed E-state index contributed by atoms with van der Waals surface area (Å²) in [6, 6.07) is 14.3. The number of carbonyl (C=O) groups is 2. The van der Waals surface area contributed by atoms with Crippen molar-refractivity contribution in [2.45, 2.75) is 25.0 Å². The number of nitrogens with zero attached hydrogens (tertiary/aromatic N) is 2. The third-order valence-electron chi connectivity index (χ3n) is 5.60. The van der Waals surface area contributed by atoms with E-state index >= 15 is 0 Å². The first-order valence-electron chi connectivity index (χ1n) is 9.74. The van der Waals surface area contributed by atoms with Crippen LogP contribution in [0.2, 0.25) is 5.02 Å². The third kappa shape index (κ3) is 4.23. The number of piperazine rings is 2. The lowest BCUT2D eigenvalue weighted by atomic mass is 9.98. The van der Waals surface area contributed by atoms with Gasteiger partial charge in [0.15, 0.2) is 0 Å². The van der Waals surface area contributed by atoms with Crippen LogP contribution in [0.5, 0.6) is 5.75 Å². The van der Waals surface area contributed by atoms with Gasteiger partial charge < -0.3 is 15.0 Å². The number of hydrogen-bond donors (Lipinski definition) is 1. The molecule has 0 aliphatic carbocycles. The minimum absolute atomic E-state index is 0.0125. The predicted octanol–water partition coefficient (Wildman–Crippen LogP) is 2.10. The molecule has 2 aliphatic rings. The molecular formula is C22H24ClN3O3. The Labute approximate surface area is 175 Å². The molecule has 2 heterocycles. The van der Waals surface area contributed by atoms with Gasteiger partial charge in [-0.1, -0.05) is 41.9 Å². The summed E-state index contributed by atoms with van der Waals surface area (Å²) in [7, 11) is 1.66. The van der Waals surface area contributed by atoms with Gasteiger partial charge in [-0.15, -0.1) is 0 Å². The van der Waals surface area contributed by atoms with Crippen LogP contribution in [0.4, 0.5) is 0 Å². The van der Waals surface area contributed by atoms with Crippen molar-refractivity contribution in [2.75, 3.05) is 26.7 Å². The molecule has 0 unspecified atom stereocenters. The largest absolute Gasteiger partial charge is 0.496 e. The molecule has 2 amide bonds. The van der Waals surface area contributed by atoms with Gasteiger partial charge in [0.2, 0.25) is 11.8 Å². The van der Waals surface area contributed by atoms with Gasteiger partial charge in [0.05, 0.1) is 7.11 Å². The molecule has 7 heteroatoms. The normalized spacial score (nSPS) is 22.2. The highest BCUT2D eigenvalue weighted by Gasteiger charge is 2.43. The summed E-state index contributed by atoms with van der Waals surface area (Å²) in [5.74, 6) is 0.733. The zero-order chi connectivity index (χ0) is 20.4. The number of carbonyl (C=O) groups excluding carboxylic acids is 2. The minimum atomic E-state index is -0.527. The Hall–Kier alpha value is -2.57. The molecule has 2 aromatic rings. The highest BCUT2D eigenvalue weighted by Crippen LogP contribution is 2.23. The van der Waals surface area contributed by atoms with Crippen molar-refractivity contribution in [1.29, 1.82) is 0 Å². The van der Waals surface area contributed by atoms with E-state index in [1.807, 2.05) is 36.4 Å². The van der Waals surface area contributed by atoms with Gasteiger partial charge in [-0.3, -0.25) is 14.5 Å². The van der Waals surface area contributed by atoms with Crippen molar-refractivity contribution in [3.8, 4) is 5.75 Å². The van der Waals surface area contributed by atoms with E-state index in [1.54, 1.807) is 24.1 Å². The van der Waals surface area contributed by atoms with Gasteiger partial charge in [-0.2, -0.15) is 0 Å². The minimum Gasteiger partial charge on any atom is -0.496 e. The first-order valence-corrected chi connectivity index (χ1v) is 10.1. The van der Waals surface area contributed by atoms with E-state index in [9.17, 15) is 9.59 Å². The first kappa shape index (κ1) is 19.7. The standard InChI is InChI=1S/C22H24ClN3O3/c1-29-20-5-3-2-4-16(20)13-25-10-11-26-19(14-25)21(27)24-18(22(26)28)12-15-6-8-17(23)9-7-15/h2-9,18-19H,10-14H2,1H3,(H,24,27)/t18-,19+/m0/s1. The number of fused-ring (bicyclic) bond motifs is 1. The number of benzene rings is 2. The monoisotopic (exact) mass is 413 g/mol. The molecule has 0 saturated carbocycles. The lowest BCUT2D eigenvalue weighted by Crippen LogP contribution is -2.69. The molecule has 0 bridgehead atoms. The second kappa shape index (κ2) is 8.43. The fraction of sp³-hybridized carbons (Fsp3) is 0.364. The Morgan fingerprint density at radius 2 is 1.86 bits per heavy atom. The molecule has 1 N–H and O–H groups in total. The summed E-state index contributed by atoms with van der Waals surface area (Å²) < 4.78 is 5.43. The number of ether oxygens (including phenoxy) is 1. The van der Waals surface area contributed by atoms with Crippen LogP contribution in [-0.4, -0.2) is 60.4 Å². The molecule has 2 atom stereocenters. The van der Waals surface area contributed by atoms with Crippen LogP contribution >= 0.6 is 11.6 Å². The molecule has 152 valence electrons. The van der Waals surface area contributed by atoms with Crippen LogP contribution in [0, 0.1) is 0 Å². The fourth-order valence-corrected chi connectivity index (χ4v) is 4.20. The highest BCUT2D eigenvalue weighted by atomic mass is 35.5. The summed E-state index contributed by atoms with van der Waals surface area (Å²) >= 11 is 5.93. The highest BCUT2D eigenvalue weighted by molar-refractivity contribution is 6.30. The molecule has 2 saturated heterocycles. The van der Waals surface area contributed by atoms with Crippen molar-refractivity contribution < 1.29 is 14.3 Å². The molecule has 29 heavy (non-hydrogen) atoms. The number of para-hydroxylation sites is 1. The lowest BCUT2D eigenvalue weighted by molar-refractivity contribution is -0.153. The average Bonchev–Trinajstić information content (AvgIpc) is 2.74. The van der Waals surface area contributed by atoms with Crippen LogP contribution in [0.25, 0.3) is 0 Å². The number of halogens is 1. The summed E-state index contributed by atoms with van der Waals surface area (Å²) in [6.07, 6.45) is 0.468. The van der Waals surface area contributed by atoms with Gasteiger partial charge in [-0.05, 0) is 23.8 Å². The number of rotatable bonds is 5. The molecule has 2 aliphatic heterocycles. The van der Waals surface area contributed by atoms with Crippen LogP contribution in [0.15, 0.2) is 48.5 Å². The van der Waals surface area contributed by atoms with Crippen LogP contribution in [0.3, 0.4) is 0 Å². The van der Waals surface area contributed by atoms with Crippen molar-refractivity contribution >= 4 is 23.4 Å². The molecule has 0 spiro atoms. The van der Waals surface area contributed by atoms with Gasteiger partial charge in [-0.25, -0.2) is 0 Å². The quantitative estimate of drug-likeness (QED) is 0.815. The smallest absolute Gasteiger partial charge is 0.246 e. The molecule has 2 aromatic carbocycles. The zero-order valence-corrected chi connectivity index (χ0v) is 17.1. The Morgan fingerprint density at radius 1 is 1.10 bits per heavy atom. The summed E-state index contributed by atoms with van der Waals surface area (Å²) in [5, 5.41) is 3.57. The second-order valence-electron chi connectivity index (χ2n) is 7.49. The lowest BCUT2D eigenvalue weighted by Gasteiger charge is -2.45. The molecule has 4 rings (SSSR count). The number of methoxy groups -OCH3 is 1. The van der Waals surface area contributed by atoms with E-state index in [0.29, 0.717) is 31.1 Å². The SMILES string of the molecule is COc1ccccc1CN1CCN2C(=O)[C@H](Cc3ccc(Cl)cc3)NC(=O)[C@H]2C1. The van der Waals surface area contributed by atoms with Gasteiger partial charge in [0.25, 0.3) is 0 Å². The maximum absolute atomic E-state index is 13.0. The maximum atomic E-state index is 13.0. The van der Waals surface area contributed by atoms with E-state index in [2.05, 4.69) is 10.2 Å². The molecule has 0 radical (unpaired) electrons. The van der Waals surface area contributed by atoms with E-state index in [-0.39, 0.29) is 11.8 Å². The van der Waals surface area contributed by atoms with Crippen molar-refractivity contribution in [2.24, 2.45) is 0 Å².